The number of carbonyl (C=O) groups excluding carboxylic acids is 1. The van der Waals surface area contributed by atoms with Crippen LogP contribution in [0.25, 0.3) is 10.9 Å². The molecular formula is C25H26N4O5. The lowest BCUT2D eigenvalue weighted by atomic mass is 10.1. The molecule has 0 saturated heterocycles. The number of aryl methyl sites for hydroxylation is 1. The van der Waals surface area contributed by atoms with Crippen LogP contribution < -0.4 is 24.3 Å². The van der Waals surface area contributed by atoms with E-state index < -0.39 is 0 Å². The van der Waals surface area contributed by atoms with Gasteiger partial charge in [-0.2, -0.15) is 5.10 Å². The number of hydrogen-bond acceptors (Lipinski definition) is 7. The van der Waals surface area contributed by atoms with Crippen molar-refractivity contribution in [2.45, 2.75) is 19.8 Å². The number of amides is 1. The molecule has 0 spiro atoms. The van der Waals surface area contributed by atoms with Crippen LogP contribution in [0.1, 0.15) is 18.1 Å². The lowest BCUT2D eigenvalue weighted by Gasteiger charge is -2.14. The maximum Gasteiger partial charge on any atom is 0.230 e. The zero-order chi connectivity index (χ0) is 24.1. The van der Waals surface area contributed by atoms with Crippen LogP contribution in [0.2, 0.25) is 0 Å². The highest BCUT2D eigenvalue weighted by Gasteiger charge is 2.15. The highest BCUT2D eigenvalue weighted by molar-refractivity contribution is 5.92. The average molecular weight is 463 g/mol. The molecule has 0 unspecified atom stereocenters. The van der Waals surface area contributed by atoms with Gasteiger partial charge in [0.2, 0.25) is 5.91 Å². The van der Waals surface area contributed by atoms with Crippen molar-refractivity contribution in [1.82, 2.24) is 15.2 Å². The van der Waals surface area contributed by atoms with Crippen LogP contribution in [0.4, 0.5) is 5.82 Å². The van der Waals surface area contributed by atoms with Crippen LogP contribution in [0, 0.1) is 0 Å². The second-order valence-corrected chi connectivity index (χ2v) is 7.46. The number of H-pyrrole nitrogens is 1. The lowest BCUT2D eigenvalue weighted by Crippen LogP contribution is -2.16. The molecule has 34 heavy (non-hydrogen) atoms. The van der Waals surface area contributed by atoms with Crippen molar-refractivity contribution in [3.8, 4) is 28.7 Å². The summed E-state index contributed by atoms with van der Waals surface area (Å²) in [6, 6.07) is 10.8. The number of aromatic amines is 1. The Kier molecular flexibility index (Phi) is 6.82. The Morgan fingerprint density at radius 1 is 0.941 bits per heavy atom. The minimum atomic E-state index is -0.174. The molecule has 0 saturated carbocycles. The van der Waals surface area contributed by atoms with Crippen LogP contribution >= 0.6 is 0 Å². The lowest BCUT2D eigenvalue weighted by molar-refractivity contribution is -0.115. The fourth-order valence-electron chi connectivity index (χ4n) is 3.64. The number of fused-ring (bicyclic) bond motifs is 1. The monoisotopic (exact) mass is 462 g/mol. The Bertz CT molecular complexity index is 1320. The Balaban J connectivity index is 1.56. The summed E-state index contributed by atoms with van der Waals surface area (Å²) in [4.78, 5) is 17.0. The van der Waals surface area contributed by atoms with Crippen LogP contribution in [-0.4, -0.2) is 42.4 Å². The number of methoxy groups -OCH3 is 3. The molecule has 2 aromatic heterocycles. The summed E-state index contributed by atoms with van der Waals surface area (Å²) >= 11 is 0. The highest BCUT2D eigenvalue weighted by atomic mass is 16.5. The quantitative estimate of drug-likeness (QED) is 0.377. The van der Waals surface area contributed by atoms with E-state index in [1.54, 1.807) is 58.0 Å². The zero-order valence-electron chi connectivity index (χ0n) is 19.5. The second-order valence-electron chi connectivity index (χ2n) is 7.46. The number of aromatic nitrogens is 3. The fraction of sp³-hybridized carbons (Fsp3) is 0.240. The normalized spacial score (nSPS) is 10.7. The van der Waals surface area contributed by atoms with Crippen LogP contribution in [0.5, 0.6) is 28.7 Å². The molecule has 0 aliphatic rings. The van der Waals surface area contributed by atoms with Gasteiger partial charge >= 0.3 is 0 Å². The molecule has 1 amide bonds. The van der Waals surface area contributed by atoms with Crippen molar-refractivity contribution in [1.29, 1.82) is 0 Å². The van der Waals surface area contributed by atoms with E-state index in [2.05, 4.69) is 20.5 Å². The van der Waals surface area contributed by atoms with Crippen LogP contribution in [0.15, 0.2) is 48.8 Å². The summed E-state index contributed by atoms with van der Waals surface area (Å²) in [6.07, 6.45) is 4.28. The SMILES string of the molecule is CCc1cn[nH]c1NC(=O)Cc1ccc(Oc2ccnc3cc(OC)c(OC)cc23)cc1OC. The molecule has 9 heteroatoms. The van der Waals surface area contributed by atoms with Gasteiger partial charge in [-0.1, -0.05) is 13.0 Å². The molecule has 0 atom stereocenters. The van der Waals surface area contributed by atoms with E-state index in [4.69, 9.17) is 18.9 Å². The second kappa shape index (κ2) is 10.1. The topological polar surface area (TPSA) is 108 Å². The molecule has 4 aromatic rings. The largest absolute Gasteiger partial charge is 0.496 e. The summed E-state index contributed by atoms with van der Waals surface area (Å²) in [5, 5.41) is 10.4. The van der Waals surface area contributed by atoms with Crippen molar-refractivity contribution in [2.24, 2.45) is 0 Å². The van der Waals surface area contributed by atoms with E-state index in [-0.39, 0.29) is 12.3 Å². The van der Waals surface area contributed by atoms with Crippen molar-refractivity contribution in [2.75, 3.05) is 26.6 Å². The molecule has 176 valence electrons. The molecule has 0 aliphatic carbocycles. The van der Waals surface area contributed by atoms with E-state index in [9.17, 15) is 4.79 Å². The summed E-state index contributed by atoms with van der Waals surface area (Å²) < 4.78 is 22.5. The number of benzene rings is 2. The van der Waals surface area contributed by atoms with Gasteiger partial charge in [0.1, 0.15) is 23.1 Å². The average Bonchev–Trinajstić information content (AvgIpc) is 3.31. The molecule has 2 N–H and O–H groups in total. The van der Waals surface area contributed by atoms with Crippen molar-refractivity contribution < 1.29 is 23.7 Å². The summed E-state index contributed by atoms with van der Waals surface area (Å²) in [5.41, 5.74) is 2.39. The highest BCUT2D eigenvalue weighted by Crippen LogP contribution is 2.37. The number of pyridine rings is 1. The number of hydrogen-bond donors (Lipinski definition) is 2. The number of anilines is 1. The van der Waals surface area contributed by atoms with E-state index in [0.717, 1.165) is 22.9 Å². The standard InChI is InChI=1S/C25H26N4O5/c1-5-15-14-27-29-25(15)28-24(30)10-16-6-7-17(11-21(16)31-2)34-20-8-9-26-19-13-23(33-4)22(32-3)12-18(19)20/h6-9,11-14H,5,10H2,1-4H3,(H2,27,28,29,30). The third-order valence-electron chi connectivity index (χ3n) is 5.41. The molecule has 9 nitrogen and oxygen atoms in total. The van der Waals surface area contributed by atoms with Gasteiger partial charge in [0.25, 0.3) is 0 Å². The molecule has 0 radical (unpaired) electrons. The first-order chi connectivity index (χ1) is 16.6. The van der Waals surface area contributed by atoms with Crippen molar-refractivity contribution >= 4 is 22.6 Å². The maximum atomic E-state index is 12.6. The molecule has 0 bridgehead atoms. The number of nitrogens with one attached hydrogen (secondary N) is 2. The first-order valence-corrected chi connectivity index (χ1v) is 10.7. The molecule has 0 aliphatic heterocycles. The first kappa shape index (κ1) is 22.9. The fourth-order valence-corrected chi connectivity index (χ4v) is 3.64. The number of carbonyl (C=O) groups is 1. The van der Waals surface area contributed by atoms with E-state index in [0.29, 0.717) is 40.1 Å². The minimum absolute atomic E-state index is 0.140. The van der Waals surface area contributed by atoms with E-state index in [1.165, 1.54) is 0 Å². The predicted molar refractivity (Wildman–Crippen MR) is 128 cm³/mol. The zero-order valence-corrected chi connectivity index (χ0v) is 19.5. The van der Waals surface area contributed by atoms with Gasteiger partial charge in [-0.3, -0.25) is 14.9 Å². The van der Waals surface area contributed by atoms with Gasteiger partial charge in [0.05, 0.1) is 39.5 Å². The predicted octanol–water partition coefficient (Wildman–Crippen LogP) is 4.52. The van der Waals surface area contributed by atoms with Crippen molar-refractivity contribution in [3.05, 3.63) is 59.9 Å². The molecule has 2 heterocycles. The molecular weight excluding hydrogens is 436 g/mol. The molecule has 4 rings (SSSR count). The van der Waals surface area contributed by atoms with Gasteiger partial charge in [-0.15, -0.1) is 0 Å². The molecule has 2 aromatic carbocycles. The maximum absolute atomic E-state index is 12.6. The van der Waals surface area contributed by atoms with Crippen LogP contribution in [0.3, 0.4) is 0 Å². The number of ether oxygens (including phenoxy) is 4. The van der Waals surface area contributed by atoms with E-state index in [1.807, 2.05) is 19.1 Å². The summed E-state index contributed by atoms with van der Waals surface area (Å²) in [6.45, 7) is 2.00. The van der Waals surface area contributed by atoms with Crippen molar-refractivity contribution in [3.63, 3.8) is 0 Å². The van der Waals surface area contributed by atoms with Gasteiger partial charge in [0.15, 0.2) is 11.5 Å². The number of nitrogens with zero attached hydrogens (tertiary/aromatic N) is 2. The van der Waals surface area contributed by atoms with Gasteiger partial charge in [-0.25, -0.2) is 0 Å². The van der Waals surface area contributed by atoms with E-state index >= 15 is 0 Å². The Labute approximate surface area is 197 Å². The third-order valence-corrected chi connectivity index (χ3v) is 5.41. The summed E-state index contributed by atoms with van der Waals surface area (Å²) in [5.74, 6) is 3.32. The Hall–Kier alpha value is -4.27. The Morgan fingerprint density at radius 3 is 2.44 bits per heavy atom. The first-order valence-electron chi connectivity index (χ1n) is 10.7. The summed E-state index contributed by atoms with van der Waals surface area (Å²) in [7, 11) is 4.72. The van der Waals surface area contributed by atoms with Gasteiger partial charge in [-0.05, 0) is 24.6 Å². The Morgan fingerprint density at radius 2 is 1.71 bits per heavy atom. The smallest absolute Gasteiger partial charge is 0.230 e. The minimum Gasteiger partial charge on any atom is -0.496 e. The number of rotatable bonds is 9. The van der Waals surface area contributed by atoms with Gasteiger partial charge < -0.3 is 24.3 Å². The van der Waals surface area contributed by atoms with Gasteiger partial charge in [0, 0.05) is 34.8 Å². The molecule has 0 fully saturated rings. The third kappa shape index (κ3) is 4.73. The van der Waals surface area contributed by atoms with Crippen LogP contribution in [-0.2, 0) is 17.6 Å².